The van der Waals surface area contributed by atoms with E-state index in [0.717, 1.165) is 60.2 Å². The van der Waals surface area contributed by atoms with Gasteiger partial charge < -0.3 is 14.8 Å². The predicted molar refractivity (Wildman–Crippen MR) is 121 cm³/mol. The van der Waals surface area contributed by atoms with Crippen molar-refractivity contribution in [2.75, 3.05) is 18.5 Å². The molecule has 31 heavy (non-hydrogen) atoms. The van der Waals surface area contributed by atoms with E-state index < -0.39 is 0 Å². The molecule has 1 aliphatic heterocycles. The van der Waals surface area contributed by atoms with Gasteiger partial charge in [0.2, 0.25) is 11.8 Å². The van der Waals surface area contributed by atoms with Gasteiger partial charge in [0.1, 0.15) is 6.61 Å². The molecule has 0 bridgehead atoms. The SMILES string of the molecule is Cn1cc2ccc(-c3cnc(N[C@H]4CC[C@H](C)CC4)nc3OC[C@H]3CCCO3)cc2n1. The monoisotopic (exact) mass is 421 g/mol. The third-order valence-electron chi connectivity index (χ3n) is 6.47. The van der Waals surface area contributed by atoms with E-state index in [4.69, 9.17) is 14.5 Å². The first-order valence-corrected chi connectivity index (χ1v) is 11.5. The molecule has 0 radical (unpaired) electrons. The van der Waals surface area contributed by atoms with Crippen LogP contribution in [0.4, 0.5) is 5.95 Å². The number of rotatable bonds is 6. The van der Waals surface area contributed by atoms with Gasteiger partial charge >= 0.3 is 0 Å². The highest BCUT2D eigenvalue weighted by Crippen LogP contribution is 2.32. The largest absolute Gasteiger partial charge is 0.474 e. The number of ether oxygens (including phenoxy) is 2. The number of aryl methyl sites for hydroxylation is 1. The van der Waals surface area contributed by atoms with Gasteiger partial charge in [0.25, 0.3) is 0 Å². The van der Waals surface area contributed by atoms with Crippen LogP contribution in [0.25, 0.3) is 22.0 Å². The highest BCUT2D eigenvalue weighted by molar-refractivity contribution is 5.84. The van der Waals surface area contributed by atoms with Crippen molar-refractivity contribution in [3.05, 3.63) is 30.6 Å². The molecular formula is C24H31N5O2. The molecule has 1 aliphatic carbocycles. The quantitative estimate of drug-likeness (QED) is 0.628. The second kappa shape index (κ2) is 8.83. The molecule has 164 valence electrons. The number of hydrogen-bond donors (Lipinski definition) is 1. The lowest BCUT2D eigenvalue weighted by Crippen LogP contribution is -2.26. The fraction of sp³-hybridized carbons (Fsp3) is 0.542. The van der Waals surface area contributed by atoms with E-state index in [1.165, 1.54) is 12.8 Å². The zero-order chi connectivity index (χ0) is 21.2. The maximum absolute atomic E-state index is 6.20. The van der Waals surface area contributed by atoms with Gasteiger partial charge in [-0.2, -0.15) is 10.1 Å². The highest BCUT2D eigenvalue weighted by Gasteiger charge is 2.21. The summed E-state index contributed by atoms with van der Waals surface area (Å²) < 4.78 is 13.8. The highest BCUT2D eigenvalue weighted by atomic mass is 16.5. The summed E-state index contributed by atoms with van der Waals surface area (Å²) in [6.45, 7) is 3.65. The Balaban J connectivity index is 1.41. The van der Waals surface area contributed by atoms with Gasteiger partial charge in [-0.15, -0.1) is 0 Å². The third kappa shape index (κ3) is 4.66. The normalized spacial score (nSPS) is 23.9. The molecule has 0 unspecified atom stereocenters. The summed E-state index contributed by atoms with van der Waals surface area (Å²) in [6.07, 6.45) is 11.0. The van der Waals surface area contributed by atoms with Crippen LogP contribution in [-0.4, -0.2) is 45.1 Å². The van der Waals surface area contributed by atoms with Gasteiger partial charge in [0.15, 0.2) is 0 Å². The first-order chi connectivity index (χ1) is 15.1. The van der Waals surface area contributed by atoms with E-state index in [1.54, 1.807) is 0 Å². The van der Waals surface area contributed by atoms with E-state index in [1.807, 2.05) is 24.1 Å². The van der Waals surface area contributed by atoms with Crippen LogP contribution in [0.5, 0.6) is 5.88 Å². The Bertz CT molecular complexity index is 1040. The van der Waals surface area contributed by atoms with E-state index in [0.29, 0.717) is 24.5 Å². The summed E-state index contributed by atoms with van der Waals surface area (Å²) in [5.74, 6) is 2.06. The number of aromatic nitrogens is 4. The van der Waals surface area contributed by atoms with Gasteiger partial charge in [-0.25, -0.2) is 4.98 Å². The lowest BCUT2D eigenvalue weighted by atomic mass is 9.87. The molecule has 1 aromatic carbocycles. The van der Waals surface area contributed by atoms with Crippen LogP contribution < -0.4 is 10.1 Å². The minimum absolute atomic E-state index is 0.136. The fourth-order valence-corrected chi connectivity index (χ4v) is 4.59. The number of anilines is 1. The zero-order valence-corrected chi connectivity index (χ0v) is 18.4. The Morgan fingerprint density at radius 1 is 1.19 bits per heavy atom. The Morgan fingerprint density at radius 2 is 2.06 bits per heavy atom. The van der Waals surface area contributed by atoms with Crippen LogP contribution in [0.15, 0.2) is 30.6 Å². The summed E-state index contributed by atoms with van der Waals surface area (Å²) >= 11 is 0. The van der Waals surface area contributed by atoms with E-state index >= 15 is 0 Å². The van der Waals surface area contributed by atoms with Crippen LogP contribution in [-0.2, 0) is 11.8 Å². The topological polar surface area (TPSA) is 74.1 Å². The molecule has 3 heterocycles. The standard InChI is InChI=1S/C24H31N5O2/c1-16-5-9-19(10-6-16)26-24-25-13-21(23(27-24)31-15-20-4-3-11-30-20)17-7-8-18-14-29(2)28-22(18)12-17/h7-8,12-14,16,19-20H,3-6,9-11,15H2,1-2H3,(H,25,26,27)/t16-,19-,20-/m1/s1. The molecule has 2 aliphatic rings. The molecule has 1 saturated carbocycles. The average molecular weight is 422 g/mol. The molecule has 0 spiro atoms. The van der Waals surface area contributed by atoms with Gasteiger partial charge in [0.05, 0.1) is 17.2 Å². The lowest BCUT2D eigenvalue weighted by Gasteiger charge is -2.27. The number of nitrogens with zero attached hydrogens (tertiary/aromatic N) is 4. The van der Waals surface area contributed by atoms with Gasteiger partial charge in [0, 0.05) is 37.5 Å². The van der Waals surface area contributed by atoms with E-state index in [9.17, 15) is 0 Å². The Morgan fingerprint density at radius 3 is 2.87 bits per heavy atom. The number of benzene rings is 1. The summed E-state index contributed by atoms with van der Waals surface area (Å²) in [5.41, 5.74) is 2.84. The summed E-state index contributed by atoms with van der Waals surface area (Å²) in [7, 11) is 1.94. The van der Waals surface area contributed by atoms with Crippen molar-refractivity contribution in [3.8, 4) is 17.0 Å². The summed E-state index contributed by atoms with van der Waals surface area (Å²) in [6, 6.07) is 6.66. The average Bonchev–Trinajstić information content (AvgIpc) is 3.42. The number of fused-ring (bicyclic) bond motifs is 1. The molecule has 1 atom stereocenters. The Kier molecular flexibility index (Phi) is 5.76. The molecule has 0 amide bonds. The summed E-state index contributed by atoms with van der Waals surface area (Å²) in [5, 5.41) is 9.18. The van der Waals surface area contributed by atoms with Gasteiger partial charge in [-0.1, -0.05) is 19.1 Å². The molecule has 1 saturated heterocycles. The minimum atomic E-state index is 0.136. The van der Waals surface area contributed by atoms with Gasteiger partial charge in [-0.3, -0.25) is 4.68 Å². The first kappa shape index (κ1) is 20.2. The minimum Gasteiger partial charge on any atom is -0.474 e. The first-order valence-electron chi connectivity index (χ1n) is 11.5. The van der Waals surface area contributed by atoms with Crippen LogP contribution in [0.2, 0.25) is 0 Å². The van der Waals surface area contributed by atoms with Crippen molar-refractivity contribution in [3.63, 3.8) is 0 Å². The van der Waals surface area contributed by atoms with E-state index in [-0.39, 0.29) is 6.10 Å². The van der Waals surface area contributed by atoms with Crippen molar-refractivity contribution < 1.29 is 9.47 Å². The Hall–Kier alpha value is -2.67. The molecule has 2 fully saturated rings. The maximum Gasteiger partial charge on any atom is 0.226 e. The molecule has 1 N–H and O–H groups in total. The lowest BCUT2D eigenvalue weighted by molar-refractivity contribution is 0.0665. The van der Waals surface area contributed by atoms with Gasteiger partial charge in [-0.05, 0) is 56.1 Å². The molecule has 5 rings (SSSR count). The van der Waals surface area contributed by atoms with Crippen molar-refractivity contribution in [1.29, 1.82) is 0 Å². The van der Waals surface area contributed by atoms with Crippen LogP contribution in [0.3, 0.4) is 0 Å². The van der Waals surface area contributed by atoms with Crippen LogP contribution in [0.1, 0.15) is 45.4 Å². The second-order valence-electron chi connectivity index (χ2n) is 9.04. The van der Waals surface area contributed by atoms with Crippen molar-refractivity contribution in [2.45, 2.75) is 57.6 Å². The van der Waals surface area contributed by atoms with E-state index in [2.05, 4.69) is 40.5 Å². The molecular weight excluding hydrogens is 390 g/mol. The molecule has 7 nitrogen and oxygen atoms in total. The fourth-order valence-electron chi connectivity index (χ4n) is 4.59. The van der Waals surface area contributed by atoms with Crippen LogP contribution in [0, 0.1) is 5.92 Å². The van der Waals surface area contributed by atoms with Crippen molar-refractivity contribution in [1.82, 2.24) is 19.7 Å². The maximum atomic E-state index is 6.20. The number of nitrogens with one attached hydrogen (secondary N) is 1. The third-order valence-corrected chi connectivity index (χ3v) is 6.47. The predicted octanol–water partition coefficient (Wildman–Crippen LogP) is 4.58. The van der Waals surface area contributed by atoms with Crippen LogP contribution >= 0.6 is 0 Å². The molecule has 3 aromatic rings. The summed E-state index contributed by atoms with van der Waals surface area (Å²) in [4.78, 5) is 9.42. The van der Waals surface area contributed by atoms with Crippen molar-refractivity contribution in [2.24, 2.45) is 13.0 Å². The smallest absolute Gasteiger partial charge is 0.226 e. The van der Waals surface area contributed by atoms with Crippen molar-refractivity contribution >= 4 is 16.9 Å². The Labute approximate surface area is 183 Å². The number of hydrogen-bond acceptors (Lipinski definition) is 6. The second-order valence-corrected chi connectivity index (χ2v) is 9.04. The molecule has 2 aromatic heterocycles. The zero-order valence-electron chi connectivity index (χ0n) is 18.4. The molecule has 7 heteroatoms.